The van der Waals surface area contributed by atoms with Crippen LogP contribution in [-0.4, -0.2) is 46.8 Å². The number of amides is 1. The van der Waals surface area contributed by atoms with Crippen molar-refractivity contribution in [1.29, 1.82) is 0 Å². The van der Waals surface area contributed by atoms with E-state index >= 15 is 0 Å². The van der Waals surface area contributed by atoms with Crippen LogP contribution in [-0.2, 0) is 4.79 Å². The SMILES string of the molecule is C=N/C(=C\C(=C/C)C(=O)N1CCC(C(F)(F)F)CC1)c1nc2ccsc2c(=O)[nH]1. The number of rotatable bonds is 4. The number of piperidine rings is 1. The molecule has 29 heavy (non-hydrogen) atoms. The van der Waals surface area contributed by atoms with E-state index in [0.717, 1.165) is 0 Å². The van der Waals surface area contributed by atoms with Crippen LogP contribution < -0.4 is 5.56 Å². The first-order chi connectivity index (χ1) is 13.7. The molecule has 1 amide bonds. The molecule has 1 aliphatic heterocycles. The van der Waals surface area contributed by atoms with Crippen molar-refractivity contribution in [2.24, 2.45) is 10.9 Å². The molecule has 0 bridgehead atoms. The molecule has 0 saturated carbocycles. The fourth-order valence-electron chi connectivity index (χ4n) is 3.19. The number of aromatic nitrogens is 2. The Kier molecular flexibility index (Phi) is 6.02. The van der Waals surface area contributed by atoms with Gasteiger partial charge in [-0.05, 0) is 44.0 Å². The van der Waals surface area contributed by atoms with Crippen LogP contribution in [0.5, 0.6) is 0 Å². The summed E-state index contributed by atoms with van der Waals surface area (Å²) < 4.78 is 39.0. The zero-order chi connectivity index (χ0) is 21.2. The maximum atomic E-state index is 12.8. The normalized spacial score (nSPS) is 17.0. The van der Waals surface area contributed by atoms with Gasteiger partial charge in [-0.2, -0.15) is 13.2 Å². The van der Waals surface area contributed by atoms with E-state index in [2.05, 4.69) is 21.7 Å². The monoisotopic (exact) mass is 424 g/mol. The summed E-state index contributed by atoms with van der Waals surface area (Å²) in [5.41, 5.74) is 0.621. The van der Waals surface area contributed by atoms with Gasteiger partial charge in [0.05, 0.1) is 11.4 Å². The average Bonchev–Trinajstić information content (AvgIpc) is 3.17. The molecule has 10 heteroatoms. The minimum Gasteiger partial charge on any atom is -0.339 e. The Morgan fingerprint density at radius 2 is 2.10 bits per heavy atom. The minimum atomic E-state index is -4.24. The zero-order valence-electron chi connectivity index (χ0n) is 15.6. The molecule has 0 radical (unpaired) electrons. The highest BCUT2D eigenvalue weighted by molar-refractivity contribution is 7.17. The van der Waals surface area contributed by atoms with Crippen molar-refractivity contribution in [3.8, 4) is 0 Å². The minimum absolute atomic E-state index is 0.0288. The van der Waals surface area contributed by atoms with Crippen LogP contribution in [0.1, 0.15) is 25.6 Å². The lowest BCUT2D eigenvalue weighted by molar-refractivity contribution is -0.186. The number of aliphatic imine (C=N–C) groups is 1. The van der Waals surface area contributed by atoms with Crippen LogP contribution >= 0.6 is 11.3 Å². The summed E-state index contributed by atoms with van der Waals surface area (Å²) in [5.74, 6) is -1.61. The maximum absolute atomic E-state index is 12.8. The highest BCUT2D eigenvalue weighted by Crippen LogP contribution is 2.34. The van der Waals surface area contributed by atoms with E-state index in [1.54, 1.807) is 24.4 Å². The molecule has 6 nitrogen and oxygen atoms in total. The highest BCUT2D eigenvalue weighted by Gasteiger charge is 2.41. The van der Waals surface area contributed by atoms with Crippen LogP contribution in [0, 0.1) is 5.92 Å². The fourth-order valence-corrected chi connectivity index (χ4v) is 3.92. The number of hydrogen-bond donors (Lipinski definition) is 1. The number of H-pyrrole nitrogens is 1. The lowest BCUT2D eigenvalue weighted by atomic mass is 9.95. The van der Waals surface area contributed by atoms with Crippen LogP contribution in [0.2, 0.25) is 0 Å². The summed E-state index contributed by atoms with van der Waals surface area (Å²) in [5, 5.41) is 1.74. The van der Waals surface area contributed by atoms with Crippen LogP contribution in [0.3, 0.4) is 0 Å². The van der Waals surface area contributed by atoms with Crippen molar-refractivity contribution in [3.63, 3.8) is 0 Å². The quantitative estimate of drug-likeness (QED) is 0.461. The standard InChI is InChI=1S/C19H19F3N4O2S/c1-3-11(18(28)26-7-4-12(5-8-26)19(20,21)22)10-14(23-2)16-24-13-6-9-29-15(13)17(27)25-16/h3,6,9-10,12H,2,4-5,7-8H2,1H3,(H,24,25,27)/b11-3+,14-10-. The van der Waals surface area contributed by atoms with Gasteiger partial charge in [0.15, 0.2) is 5.82 Å². The summed E-state index contributed by atoms with van der Waals surface area (Å²) in [7, 11) is 0. The van der Waals surface area contributed by atoms with Gasteiger partial charge in [-0.25, -0.2) is 4.98 Å². The van der Waals surface area contributed by atoms with E-state index in [-0.39, 0.29) is 48.6 Å². The molecule has 1 saturated heterocycles. The number of hydrogen-bond acceptors (Lipinski definition) is 5. The van der Waals surface area contributed by atoms with Gasteiger partial charge in [-0.15, -0.1) is 11.3 Å². The first kappa shape index (κ1) is 21.0. The third-order valence-electron chi connectivity index (χ3n) is 4.82. The van der Waals surface area contributed by atoms with Crippen molar-refractivity contribution in [2.45, 2.75) is 25.9 Å². The Balaban J connectivity index is 1.83. The molecule has 0 aromatic carbocycles. The van der Waals surface area contributed by atoms with E-state index in [1.807, 2.05) is 0 Å². The van der Waals surface area contributed by atoms with Crippen LogP contribution in [0.15, 0.2) is 39.0 Å². The van der Waals surface area contributed by atoms with Gasteiger partial charge in [0.2, 0.25) is 0 Å². The molecule has 0 atom stereocenters. The number of nitrogens with zero attached hydrogens (tertiary/aromatic N) is 3. The number of alkyl halides is 3. The number of nitrogens with one attached hydrogen (secondary N) is 1. The predicted molar refractivity (Wildman–Crippen MR) is 107 cm³/mol. The topological polar surface area (TPSA) is 78.4 Å². The first-order valence-electron chi connectivity index (χ1n) is 8.93. The summed E-state index contributed by atoms with van der Waals surface area (Å²) in [6.45, 7) is 5.18. The first-order valence-corrected chi connectivity index (χ1v) is 9.81. The van der Waals surface area contributed by atoms with Crippen LogP contribution in [0.25, 0.3) is 15.9 Å². The molecule has 2 aromatic rings. The molecule has 2 aromatic heterocycles. The van der Waals surface area contributed by atoms with Crippen molar-refractivity contribution in [3.05, 3.63) is 45.3 Å². The second-order valence-corrected chi connectivity index (χ2v) is 7.51. The van der Waals surface area contributed by atoms with Crippen molar-refractivity contribution in [2.75, 3.05) is 13.1 Å². The molecule has 3 heterocycles. The number of carbonyl (C=O) groups excluding carboxylic acids is 1. The summed E-state index contributed by atoms with van der Waals surface area (Å²) in [4.78, 5) is 37.2. The van der Waals surface area contributed by atoms with E-state index < -0.39 is 18.0 Å². The lowest BCUT2D eigenvalue weighted by Crippen LogP contribution is -2.42. The smallest absolute Gasteiger partial charge is 0.339 e. The number of likely N-dealkylation sites (tertiary alicyclic amines) is 1. The van der Waals surface area contributed by atoms with Gasteiger partial charge in [0, 0.05) is 18.7 Å². The number of allylic oxidation sites excluding steroid dienone is 1. The Morgan fingerprint density at radius 1 is 1.41 bits per heavy atom. The van der Waals surface area contributed by atoms with Crippen LogP contribution in [0.4, 0.5) is 13.2 Å². The van der Waals surface area contributed by atoms with Gasteiger partial charge in [0.25, 0.3) is 11.5 Å². The number of carbonyl (C=O) groups is 1. The maximum Gasteiger partial charge on any atom is 0.391 e. The van der Waals surface area contributed by atoms with Crippen molar-refractivity contribution in [1.82, 2.24) is 14.9 Å². The molecule has 1 N–H and O–H groups in total. The Labute approximate surface area is 168 Å². The fraction of sp³-hybridized carbons (Fsp3) is 0.368. The molecule has 1 aliphatic rings. The Bertz CT molecular complexity index is 1040. The number of halogens is 3. The number of aromatic amines is 1. The van der Waals surface area contributed by atoms with Crippen molar-refractivity contribution >= 4 is 39.9 Å². The third-order valence-corrected chi connectivity index (χ3v) is 5.73. The molecule has 0 aliphatic carbocycles. The molecule has 3 rings (SSSR count). The third kappa shape index (κ3) is 4.47. The van der Waals surface area contributed by atoms with E-state index in [1.165, 1.54) is 22.3 Å². The molecular weight excluding hydrogens is 405 g/mol. The summed E-state index contributed by atoms with van der Waals surface area (Å²) >= 11 is 1.26. The molecule has 1 fully saturated rings. The lowest BCUT2D eigenvalue weighted by Gasteiger charge is -2.33. The Morgan fingerprint density at radius 3 is 2.69 bits per heavy atom. The van der Waals surface area contributed by atoms with Gasteiger partial charge in [-0.1, -0.05) is 6.08 Å². The molecular formula is C19H19F3N4O2S. The average molecular weight is 424 g/mol. The molecule has 0 unspecified atom stereocenters. The number of fused-ring (bicyclic) bond motifs is 1. The van der Waals surface area contributed by atoms with E-state index in [9.17, 15) is 22.8 Å². The summed E-state index contributed by atoms with van der Waals surface area (Å²) in [6.07, 6.45) is -1.50. The highest BCUT2D eigenvalue weighted by atomic mass is 32.1. The van der Waals surface area contributed by atoms with E-state index in [0.29, 0.717) is 10.2 Å². The predicted octanol–water partition coefficient (Wildman–Crippen LogP) is 3.77. The van der Waals surface area contributed by atoms with E-state index in [4.69, 9.17) is 0 Å². The molecule has 0 spiro atoms. The van der Waals surface area contributed by atoms with Gasteiger partial charge < -0.3 is 9.88 Å². The zero-order valence-corrected chi connectivity index (χ0v) is 16.4. The van der Waals surface area contributed by atoms with Gasteiger partial charge >= 0.3 is 6.18 Å². The van der Waals surface area contributed by atoms with Gasteiger partial charge in [0.1, 0.15) is 10.4 Å². The second kappa shape index (κ2) is 8.32. The molecule has 154 valence electrons. The Hall–Kier alpha value is -2.75. The second-order valence-electron chi connectivity index (χ2n) is 6.59. The van der Waals surface area contributed by atoms with Gasteiger partial charge in [-0.3, -0.25) is 14.6 Å². The number of thiophene rings is 1. The summed E-state index contributed by atoms with van der Waals surface area (Å²) in [6, 6.07) is 1.70. The van der Waals surface area contributed by atoms with Crippen molar-refractivity contribution < 1.29 is 18.0 Å². The largest absolute Gasteiger partial charge is 0.391 e.